The summed E-state index contributed by atoms with van der Waals surface area (Å²) in [4.78, 5) is 0. The van der Waals surface area contributed by atoms with Crippen molar-refractivity contribution in [3.63, 3.8) is 0 Å². The standard InChI is InChI=1S/C16H22N2/c1-4-17-11-16-9-10-18(14(16)3)12-15-7-5-13(2)6-8-15/h5-10,17H,4,11-12H2,1-3H3. The maximum atomic E-state index is 3.38. The number of aromatic nitrogens is 1. The molecule has 0 atom stereocenters. The summed E-state index contributed by atoms with van der Waals surface area (Å²) in [7, 11) is 0. The Morgan fingerprint density at radius 2 is 1.78 bits per heavy atom. The Hall–Kier alpha value is -1.54. The lowest BCUT2D eigenvalue weighted by atomic mass is 10.1. The third kappa shape index (κ3) is 3.02. The van der Waals surface area contributed by atoms with Gasteiger partial charge < -0.3 is 9.88 Å². The van der Waals surface area contributed by atoms with E-state index < -0.39 is 0 Å². The molecule has 0 spiro atoms. The second-order valence-electron chi connectivity index (χ2n) is 4.82. The van der Waals surface area contributed by atoms with Crippen LogP contribution in [0.25, 0.3) is 0 Å². The zero-order valence-electron chi connectivity index (χ0n) is 11.5. The monoisotopic (exact) mass is 242 g/mol. The Morgan fingerprint density at radius 3 is 2.44 bits per heavy atom. The summed E-state index contributed by atoms with van der Waals surface area (Å²) >= 11 is 0. The molecule has 2 rings (SSSR count). The van der Waals surface area contributed by atoms with Gasteiger partial charge in [0.15, 0.2) is 0 Å². The summed E-state index contributed by atoms with van der Waals surface area (Å²) in [6.45, 7) is 9.39. The van der Waals surface area contributed by atoms with E-state index in [-0.39, 0.29) is 0 Å². The van der Waals surface area contributed by atoms with Gasteiger partial charge in [-0.05, 0) is 37.6 Å². The molecule has 0 aliphatic heterocycles. The highest BCUT2D eigenvalue weighted by Crippen LogP contribution is 2.13. The molecular formula is C16H22N2. The second-order valence-corrected chi connectivity index (χ2v) is 4.82. The van der Waals surface area contributed by atoms with Gasteiger partial charge >= 0.3 is 0 Å². The van der Waals surface area contributed by atoms with E-state index >= 15 is 0 Å². The highest BCUT2D eigenvalue weighted by molar-refractivity contribution is 5.25. The molecule has 0 aliphatic rings. The summed E-state index contributed by atoms with van der Waals surface area (Å²) in [6.07, 6.45) is 2.18. The van der Waals surface area contributed by atoms with Crippen molar-refractivity contribution in [2.24, 2.45) is 0 Å². The first-order valence-corrected chi connectivity index (χ1v) is 6.61. The quantitative estimate of drug-likeness (QED) is 0.851. The van der Waals surface area contributed by atoms with E-state index in [0.29, 0.717) is 0 Å². The van der Waals surface area contributed by atoms with Crippen LogP contribution in [0.4, 0.5) is 0 Å². The zero-order chi connectivity index (χ0) is 13.0. The number of nitrogens with zero attached hydrogens (tertiary/aromatic N) is 1. The van der Waals surface area contributed by atoms with Crippen LogP contribution < -0.4 is 5.32 Å². The summed E-state index contributed by atoms with van der Waals surface area (Å²) in [5.74, 6) is 0. The average Bonchev–Trinajstić information content (AvgIpc) is 2.71. The van der Waals surface area contributed by atoms with E-state index in [1.165, 1.54) is 22.4 Å². The zero-order valence-corrected chi connectivity index (χ0v) is 11.5. The molecule has 0 unspecified atom stereocenters. The van der Waals surface area contributed by atoms with E-state index in [2.05, 4.69) is 67.2 Å². The minimum Gasteiger partial charge on any atom is -0.347 e. The van der Waals surface area contributed by atoms with E-state index in [1.807, 2.05) is 0 Å². The third-order valence-electron chi connectivity index (χ3n) is 3.39. The molecule has 0 saturated carbocycles. The minimum atomic E-state index is 0.957. The van der Waals surface area contributed by atoms with Gasteiger partial charge in [0.05, 0.1) is 0 Å². The van der Waals surface area contributed by atoms with E-state index in [4.69, 9.17) is 0 Å². The molecule has 2 heteroatoms. The van der Waals surface area contributed by atoms with Gasteiger partial charge in [-0.15, -0.1) is 0 Å². The Balaban J connectivity index is 2.09. The molecule has 0 fully saturated rings. The van der Waals surface area contributed by atoms with Crippen LogP contribution in [0.1, 0.15) is 29.3 Å². The fourth-order valence-corrected chi connectivity index (χ4v) is 2.10. The summed E-state index contributed by atoms with van der Waals surface area (Å²) in [5.41, 5.74) is 5.42. The molecule has 0 amide bonds. The molecule has 1 aromatic heterocycles. The van der Waals surface area contributed by atoms with E-state index in [9.17, 15) is 0 Å². The Kier molecular flexibility index (Phi) is 4.21. The molecule has 0 radical (unpaired) electrons. The van der Waals surface area contributed by atoms with Crippen LogP contribution in [0.3, 0.4) is 0 Å². The van der Waals surface area contributed by atoms with Crippen LogP contribution in [-0.2, 0) is 13.1 Å². The Morgan fingerprint density at radius 1 is 1.06 bits per heavy atom. The predicted octanol–water partition coefficient (Wildman–Crippen LogP) is 3.26. The van der Waals surface area contributed by atoms with Crippen molar-refractivity contribution in [2.45, 2.75) is 33.9 Å². The molecular weight excluding hydrogens is 220 g/mol. The first-order chi connectivity index (χ1) is 8.70. The largest absolute Gasteiger partial charge is 0.347 e. The van der Waals surface area contributed by atoms with Crippen LogP contribution >= 0.6 is 0 Å². The van der Waals surface area contributed by atoms with E-state index in [1.54, 1.807) is 0 Å². The SMILES string of the molecule is CCNCc1ccn(Cc2ccc(C)cc2)c1C. The van der Waals surface area contributed by atoms with Gasteiger partial charge in [-0.1, -0.05) is 36.8 Å². The average molecular weight is 242 g/mol. The van der Waals surface area contributed by atoms with Crippen molar-refractivity contribution in [3.05, 3.63) is 58.9 Å². The topological polar surface area (TPSA) is 17.0 Å². The summed E-state index contributed by atoms with van der Waals surface area (Å²) in [5, 5.41) is 3.38. The van der Waals surface area contributed by atoms with Crippen LogP contribution in [0, 0.1) is 13.8 Å². The maximum absolute atomic E-state index is 3.38. The van der Waals surface area contributed by atoms with Crippen molar-refractivity contribution in [2.75, 3.05) is 6.54 Å². The Labute approximate surface area is 110 Å². The number of nitrogens with one attached hydrogen (secondary N) is 1. The molecule has 0 bridgehead atoms. The number of rotatable bonds is 5. The van der Waals surface area contributed by atoms with Gasteiger partial charge in [0.2, 0.25) is 0 Å². The second kappa shape index (κ2) is 5.87. The molecule has 1 aromatic carbocycles. The Bertz CT molecular complexity index is 494. The fourth-order valence-electron chi connectivity index (χ4n) is 2.10. The summed E-state index contributed by atoms with van der Waals surface area (Å²) in [6, 6.07) is 11.0. The van der Waals surface area contributed by atoms with Crippen molar-refractivity contribution in [3.8, 4) is 0 Å². The molecule has 0 saturated heterocycles. The number of hydrogen-bond donors (Lipinski definition) is 1. The first-order valence-electron chi connectivity index (χ1n) is 6.61. The molecule has 0 aliphatic carbocycles. The number of benzene rings is 1. The van der Waals surface area contributed by atoms with Crippen LogP contribution in [0.2, 0.25) is 0 Å². The van der Waals surface area contributed by atoms with Gasteiger partial charge in [0.1, 0.15) is 0 Å². The van der Waals surface area contributed by atoms with Crippen molar-refractivity contribution in [1.82, 2.24) is 9.88 Å². The molecule has 96 valence electrons. The minimum absolute atomic E-state index is 0.957. The van der Waals surface area contributed by atoms with Crippen LogP contribution in [-0.4, -0.2) is 11.1 Å². The predicted molar refractivity (Wildman–Crippen MR) is 76.8 cm³/mol. The fraction of sp³-hybridized carbons (Fsp3) is 0.375. The van der Waals surface area contributed by atoms with Crippen LogP contribution in [0.5, 0.6) is 0 Å². The van der Waals surface area contributed by atoms with Gasteiger partial charge in [0.25, 0.3) is 0 Å². The molecule has 18 heavy (non-hydrogen) atoms. The van der Waals surface area contributed by atoms with E-state index in [0.717, 1.165) is 19.6 Å². The van der Waals surface area contributed by atoms with Crippen molar-refractivity contribution < 1.29 is 0 Å². The van der Waals surface area contributed by atoms with Gasteiger partial charge in [-0.3, -0.25) is 0 Å². The van der Waals surface area contributed by atoms with Gasteiger partial charge in [-0.25, -0.2) is 0 Å². The normalized spacial score (nSPS) is 10.8. The van der Waals surface area contributed by atoms with Crippen molar-refractivity contribution in [1.29, 1.82) is 0 Å². The highest BCUT2D eigenvalue weighted by atomic mass is 15.0. The first kappa shape index (κ1) is 12.9. The van der Waals surface area contributed by atoms with Crippen molar-refractivity contribution >= 4 is 0 Å². The number of hydrogen-bond acceptors (Lipinski definition) is 1. The lowest BCUT2D eigenvalue weighted by molar-refractivity contribution is 0.710. The molecule has 2 aromatic rings. The highest BCUT2D eigenvalue weighted by Gasteiger charge is 2.04. The molecule has 2 nitrogen and oxygen atoms in total. The van der Waals surface area contributed by atoms with Crippen LogP contribution in [0.15, 0.2) is 36.5 Å². The lowest BCUT2D eigenvalue weighted by Crippen LogP contribution is -2.12. The van der Waals surface area contributed by atoms with Gasteiger partial charge in [-0.2, -0.15) is 0 Å². The molecule has 1 N–H and O–H groups in total. The van der Waals surface area contributed by atoms with Gasteiger partial charge in [0, 0.05) is 25.0 Å². The third-order valence-corrected chi connectivity index (χ3v) is 3.39. The molecule has 1 heterocycles. The maximum Gasteiger partial charge on any atom is 0.0472 e. The smallest absolute Gasteiger partial charge is 0.0472 e. The number of aryl methyl sites for hydroxylation is 1. The lowest BCUT2D eigenvalue weighted by Gasteiger charge is -2.08. The summed E-state index contributed by atoms with van der Waals surface area (Å²) < 4.78 is 2.32.